The maximum Gasteiger partial charge on any atom is 0.0931 e. The smallest absolute Gasteiger partial charge is 0.0931 e. The maximum atomic E-state index is 6.01. The first kappa shape index (κ1) is 13.3. The molecule has 1 aromatic rings. The normalized spacial score (nSPS) is 21.4. The van der Waals surface area contributed by atoms with Crippen LogP contribution in [0, 0.1) is 0 Å². The molecule has 0 aromatic carbocycles. The summed E-state index contributed by atoms with van der Waals surface area (Å²) in [6.45, 7) is 5.19. The number of nitrogens with two attached hydrogens (primary N) is 1. The second-order valence-electron chi connectivity index (χ2n) is 4.59. The molecule has 0 bridgehead atoms. The first-order valence-corrected chi connectivity index (χ1v) is 7.28. The molecule has 2 heterocycles. The van der Waals surface area contributed by atoms with E-state index >= 15 is 0 Å². The van der Waals surface area contributed by atoms with Gasteiger partial charge in [0.25, 0.3) is 0 Å². The summed E-state index contributed by atoms with van der Waals surface area (Å²) in [5.41, 5.74) is 5.94. The number of halogens is 1. The number of rotatable bonds is 3. The molecule has 0 saturated carbocycles. The fraction of sp³-hybridized carbons (Fsp3) is 0.667. The third-order valence-electron chi connectivity index (χ3n) is 3.34. The molecule has 1 atom stereocenters. The minimum absolute atomic E-state index is 0.332. The van der Waals surface area contributed by atoms with Crippen molar-refractivity contribution < 1.29 is 0 Å². The summed E-state index contributed by atoms with van der Waals surface area (Å²) in [6, 6.07) is 4.41. The van der Waals surface area contributed by atoms with Crippen LogP contribution < -0.4 is 5.73 Å². The van der Waals surface area contributed by atoms with Crippen LogP contribution in [-0.4, -0.2) is 49.6 Å². The van der Waals surface area contributed by atoms with Crippen molar-refractivity contribution in [1.29, 1.82) is 0 Å². The molecule has 2 N–H and O–H groups in total. The largest absolute Gasteiger partial charge is 0.329 e. The van der Waals surface area contributed by atoms with E-state index < -0.39 is 0 Å². The summed E-state index contributed by atoms with van der Waals surface area (Å²) in [7, 11) is 2.18. The van der Waals surface area contributed by atoms with Gasteiger partial charge in [-0.25, -0.2) is 0 Å². The van der Waals surface area contributed by atoms with Crippen molar-refractivity contribution in [3.63, 3.8) is 0 Å². The van der Waals surface area contributed by atoms with Gasteiger partial charge in [-0.05, 0) is 32.1 Å². The molecule has 0 spiro atoms. The van der Waals surface area contributed by atoms with Crippen molar-refractivity contribution >= 4 is 22.9 Å². The van der Waals surface area contributed by atoms with E-state index in [0.717, 1.165) is 24.0 Å². The molecule has 5 heteroatoms. The highest BCUT2D eigenvalue weighted by molar-refractivity contribution is 7.16. The molecule has 96 valence electrons. The highest BCUT2D eigenvalue weighted by Gasteiger charge is 2.22. The number of nitrogens with zero attached hydrogens (tertiary/aromatic N) is 2. The van der Waals surface area contributed by atoms with Gasteiger partial charge in [0, 0.05) is 31.1 Å². The monoisotopic (exact) mass is 273 g/mol. The lowest BCUT2D eigenvalue weighted by atomic mass is 10.2. The highest BCUT2D eigenvalue weighted by Crippen LogP contribution is 2.30. The van der Waals surface area contributed by atoms with Crippen LogP contribution in [0.1, 0.15) is 17.3 Å². The maximum absolute atomic E-state index is 6.01. The molecule has 2 rings (SSSR count). The topological polar surface area (TPSA) is 32.5 Å². The van der Waals surface area contributed by atoms with Crippen LogP contribution in [0.25, 0.3) is 0 Å². The first-order valence-electron chi connectivity index (χ1n) is 6.08. The van der Waals surface area contributed by atoms with Crippen molar-refractivity contribution in [3.05, 3.63) is 21.3 Å². The quantitative estimate of drug-likeness (QED) is 0.915. The van der Waals surface area contributed by atoms with Gasteiger partial charge in [-0.2, -0.15) is 0 Å². The Morgan fingerprint density at radius 1 is 1.35 bits per heavy atom. The Kier molecular flexibility index (Phi) is 4.82. The molecular weight excluding hydrogens is 254 g/mol. The van der Waals surface area contributed by atoms with Crippen LogP contribution in [0.15, 0.2) is 12.1 Å². The molecule has 1 fully saturated rings. The van der Waals surface area contributed by atoms with Gasteiger partial charge in [-0.1, -0.05) is 11.6 Å². The molecule has 0 amide bonds. The summed E-state index contributed by atoms with van der Waals surface area (Å²) in [5, 5.41) is 0. The van der Waals surface area contributed by atoms with Crippen LogP contribution in [0.5, 0.6) is 0 Å². The van der Waals surface area contributed by atoms with E-state index in [-0.39, 0.29) is 0 Å². The minimum Gasteiger partial charge on any atom is -0.329 e. The third-order valence-corrected chi connectivity index (χ3v) is 4.67. The van der Waals surface area contributed by atoms with Gasteiger partial charge in [0.05, 0.1) is 10.4 Å². The number of hydrogen-bond donors (Lipinski definition) is 1. The van der Waals surface area contributed by atoms with Gasteiger partial charge < -0.3 is 10.6 Å². The molecular formula is C12H20ClN3S. The molecule has 1 aliphatic heterocycles. The standard InChI is InChI=1S/C12H20ClN3S/c1-15-5-2-6-16(8-7-15)10(9-14)11-3-4-12(13)17-11/h3-4,10H,2,5-9,14H2,1H3. The lowest BCUT2D eigenvalue weighted by molar-refractivity contribution is 0.211. The SMILES string of the molecule is CN1CCCN(C(CN)c2ccc(Cl)s2)CC1. The number of thiophene rings is 1. The first-order chi connectivity index (χ1) is 8.20. The van der Waals surface area contributed by atoms with Crippen molar-refractivity contribution in [3.8, 4) is 0 Å². The summed E-state index contributed by atoms with van der Waals surface area (Å²) in [6.07, 6.45) is 1.21. The Balaban J connectivity index is 2.07. The van der Waals surface area contributed by atoms with Crippen molar-refractivity contribution in [2.45, 2.75) is 12.5 Å². The summed E-state index contributed by atoms with van der Waals surface area (Å²) in [4.78, 5) is 6.17. The Morgan fingerprint density at radius 2 is 2.18 bits per heavy atom. The number of likely N-dealkylation sites (N-methyl/N-ethyl adjacent to an activating group) is 1. The van der Waals surface area contributed by atoms with Gasteiger partial charge in [0.1, 0.15) is 0 Å². The molecule has 3 nitrogen and oxygen atoms in total. The molecule has 0 aliphatic carbocycles. The molecule has 0 radical (unpaired) electrons. The van der Waals surface area contributed by atoms with Gasteiger partial charge >= 0.3 is 0 Å². The Labute approximate surface area is 112 Å². The predicted octanol–water partition coefficient (Wildman–Crippen LogP) is 2.04. The summed E-state index contributed by atoms with van der Waals surface area (Å²) < 4.78 is 0.852. The average Bonchev–Trinajstić information content (AvgIpc) is 2.61. The third kappa shape index (κ3) is 3.42. The molecule has 1 unspecified atom stereocenters. The van der Waals surface area contributed by atoms with Gasteiger partial charge in [0.15, 0.2) is 0 Å². The molecule has 17 heavy (non-hydrogen) atoms. The Bertz CT molecular complexity index is 355. The zero-order chi connectivity index (χ0) is 12.3. The van der Waals surface area contributed by atoms with Crippen molar-refractivity contribution in [2.75, 3.05) is 39.8 Å². The average molecular weight is 274 g/mol. The van der Waals surface area contributed by atoms with Crippen LogP contribution in [0.3, 0.4) is 0 Å². The van der Waals surface area contributed by atoms with Crippen LogP contribution in [-0.2, 0) is 0 Å². The minimum atomic E-state index is 0.332. The lowest BCUT2D eigenvalue weighted by Crippen LogP contribution is -2.36. The zero-order valence-corrected chi connectivity index (χ0v) is 11.8. The predicted molar refractivity (Wildman–Crippen MR) is 74.8 cm³/mol. The summed E-state index contributed by atoms with van der Waals surface area (Å²) >= 11 is 7.66. The Hall–Kier alpha value is -0.130. The Morgan fingerprint density at radius 3 is 2.82 bits per heavy atom. The van der Waals surface area contributed by atoms with E-state index in [2.05, 4.69) is 22.9 Å². The van der Waals surface area contributed by atoms with Crippen LogP contribution in [0.2, 0.25) is 4.34 Å². The van der Waals surface area contributed by atoms with Gasteiger partial charge in [0.2, 0.25) is 0 Å². The van der Waals surface area contributed by atoms with Crippen LogP contribution >= 0.6 is 22.9 Å². The zero-order valence-electron chi connectivity index (χ0n) is 10.2. The van der Waals surface area contributed by atoms with Crippen molar-refractivity contribution in [2.24, 2.45) is 5.73 Å². The second-order valence-corrected chi connectivity index (χ2v) is 6.33. The summed E-state index contributed by atoms with van der Waals surface area (Å²) in [5.74, 6) is 0. The fourth-order valence-electron chi connectivity index (χ4n) is 2.33. The molecule has 1 aliphatic rings. The van der Waals surface area contributed by atoms with Gasteiger partial charge in [-0.15, -0.1) is 11.3 Å². The van der Waals surface area contributed by atoms with E-state index in [1.807, 2.05) is 6.07 Å². The number of hydrogen-bond acceptors (Lipinski definition) is 4. The highest BCUT2D eigenvalue weighted by atomic mass is 35.5. The van der Waals surface area contributed by atoms with E-state index in [1.54, 1.807) is 11.3 Å². The second kappa shape index (κ2) is 6.16. The van der Waals surface area contributed by atoms with E-state index in [1.165, 1.54) is 17.8 Å². The van der Waals surface area contributed by atoms with E-state index in [9.17, 15) is 0 Å². The van der Waals surface area contributed by atoms with Crippen molar-refractivity contribution in [1.82, 2.24) is 9.80 Å². The molecule has 1 saturated heterocycles. The molecule has 1 aromatic heterocycles. The van der Waals surface area contributed by atoms with E-state index in [0.29, 0.717) is 12.6 Å². The lowest BCUT2D eigenvalue weighted by Gasteiger charge is -2.28. The fourth-order valence-corrected chi connectivity index (χ4v) is 3.54. The van der Waals surface area contributed by atoms with E-state index in [4.69, 9.17) is 17.3 Å². The van der Waals surface area contributed by atoms with Crippen LogP contribution in [0.4, 0.5) is 0 Å². The van der Waals surface area contributed by atoms with Gasteiger partial charge in [-0.3, -0.25) is 4.90 Å².